The maximum Gasteiger partial charge on any atom is 0.257 e. The highest BCUT2D eigenvalue weighted by Crippen LogP contribution is 2.24. The molecule has 3 rings (SSSR count). The van der Waals surface area contributed by atoms with Gasteiger partial charge in [0.2, 0.25) is 0 Å². The van der Waals surface area contributed by atoms with Crippen LogP contribution in [-0.4, -0.2) is 10.9 Å². The predicted octanol–water partition coefficient (Wildman–Crippen LogP) is 4.82. The summed E-state index contributed by atoms with van der Waals surface area (Å²) in [5, 5.41) is 15.2. The fourth-order valence-corrected chi connectivity index (χ4v) is 2.82. The summed E-state index contributed by atoms with van der Waals surface area (Å²) in [5.41, 5.74) is 4.74. The zero-order chi connectivity index (χ0) is 19.2. The molecule has 0 radical (unpaired) electrons. The molecule has 3 aromatic rings. The molecule has 5 nitrogen and oxygen atoms in total. The molecule has 0 saturated carbocycles. The number of hydrogen-bond acceptors (Lipinski definition) is 4. The van der Waals surface area contributed by atoms with Crippen molar-refractivity contribution in [2.24, 2.45) is 0 Å². The van der Waals surface area contributed by atoms with Gasteiger partial charge in [-0.2, -0.15) is 5.26 Å². The van der Waals surface area contributed by atoms with Gasteiger partial charge in [-0.3, -0.25) is 4.79 Å². The van der Waals surface area contributed by atoms with Gasteiger partial charge in [0.1, 0.15) is 11.9 Å². The number of benzene rings is 2. The van der Waals surface area contributed by atoms with Crippen LogP contribution in [-0.2, 0) is 6.42 Å². The number of nitriles is 1. The summed E-state index contributed by atoms with van der Waals surface area (Å²) < 4.78 is 0. The average molecular weight is 356 g/mol. The summed E-state index contributed by atoms with van der Waals surface area (Å²) in [7, 11) is 0. The van der Waals surface area contributed by atoms with Crippen LogP contribution in [0.1, 0.15) is 34.0 Å². The van der Waals surface area contributed by atoms with Gasteiger partial charge in [0.05, 0.1) is 16.8 Å². The Bertz CT molecular complexity index is 1000. The zero-order valence-corrected chi connectivity index (χ0v) is 15.3. The summed E-state index contributed by atoms with van der Waals surface area (Å²) in [5.74, 6) is 0.370. The first kappa shape index (κ1) is 18.2. The number of para-hydroxylation sites is 2. The number of pyridine rings is 1. The molecule has 0 unspecified atom stereocenters. The smallest absolute Gasteiger partial charge is 0.257 e. The van der Waals surface area contributed by atoms with Crippen molar-refractivity contribution in [1.82, 2.24) is 4.98 Å². The molecule has 134 valence electrons. The largest absolute Gasteiger partial charge is 0.340 e. The third-order valence-corrected chi connectivity index (χ3v) is 4.31. The Kier molecular flexibility index (Phi) is 5.48. The van der Waals surface area contributed by atoms with Crippen molar-refractivity contribution in [2.45, 2.75) is 20.3 Å². The Labute approximate surface area is 158 Å². The Balaban J connectivity index is 1.76. The van der Waals surface area contributed by atoms with Crippen LogP contribution >= 0.6 is 0 Å². The normalized spacial score (nSPS) is 10.1. The number of carbonyl (C=O) groups is 1. The third-order valence-electron chi connectivity index (χ3n) is 4.31. The minimum Gasteiger partial charge on any atom is -0.340 e. The van der Waals surface area contributed by atoms with E-state index in [1.165, 1.54) is 11.8 Å². The van der Waals surface area contributed by atoms with Crippen LogP contribution in [0.3, 0.4) is 0 Å². The lowest BCUT2D eigenvalue weighted by Crippen LogP contribution is -2.13. The molecule has 1 amide bonds. The first-order chi connectivity index (χ1) is 13.1. The zero-order valence-electron chi connectivity index (χ0n) is 15.3. The average Bonchev–Trinajstić information content (AvgIpc) is 2.70. The van der Waals surface area contributed by atoms with Crippen LogP contribution in [0.2, 0.25) is 0 Å². The van der Waals surface area contributed by atoms with Gasteiger partial charge in [-0.05, 0) is 48.7 Å². The molecule has 0 atom stereocenters. The van der Waals surface area contributed by atoms with Crippen molar-refractivity contribution in [3.63, 3.8) is 0 Å². The van der Waals surface area contributed by atoms with Crippen LogP contribution in [0.4, 0.5) is 17.2 Å². The topological polar surface area (TPSA) is 77.8 Å². The van der Waals surface area contributed by atoms with Crippen molar-refractivity contribution in [1.29, 1.82) is 5.26 Å². The Morgan fingerprint density at radius 1 is 1.11 bits per heavy atom. The van der Waals surface area contributed by atoms with Gasteiger partial charge in [0, 0.05) is 11.9 Å². The second kappa shape index (κ2) is 8.15. The van der Waals surface area contributed by atoms with Crippen molar-refractivity contribution < 1.29 is 4.79 Å². The molecular formula is C22H20N4O. The van der Waals surface area contributed by atoms with Gasteiger partial charge in [-0.1, -0.05) is 37.3 Å². The van der Waals surface area contributed by atoms with Gasteiger partial charge >= 0.3 is 0 Å². The second-order valence-corrected chi connectivity index (χ2v) is 6.13. The van der Waals surface area contributed by atoms with Crippen LogP contribution in [0.15, 0.2) is 60.8 Å². The van der Waals surface area contributed by atoms with Crippen molar-refractivity contribution >= 4 is 23.1 Å². The fourth-order valence-electron chi connectivity index (χ4n) is 2.82. The quantitative estimate of drug-likeness (QED) is 0.687. The highest BCUT2D eigenvalue weighted by atomic mass is 16.1. The summed E-state index contributed by atoms with van der Waals surface area (Å²) in [6.07, 6.45) is 2.44. The molecular weight excluding hydrogens is 336 g/mol. The van der Waals surface area contributed by atoms with E-state index in [0.717, 1.165) is 17.7 Å². The minimum atomic E-state index is -0.304. The number of amides is 1. The van der Waals surface area contributed by atoms with E-state index in [9.17, 15) is 4.79 Å². The van der Waals surface area contributed by atoms with Crippen LogP contribution < -0.4 is 10.6 Å². The standard InChI is InChI=1S/C22H20N4O/c1-3-16-9-6-7-15(2)21(16)26-20-12-11-18(14-24-20)22(27)25-19-10-5-4-8-17(19)13-23/h4-12,14H,3H2,1-2H3,(H,24,26)(H,25,27). The molecule has 0 bridgehead atoms. The van der Waals surface area contributed by atoms with E-state index in [4.69, 9.17) is 5.26 Å². The van der Waals surface area contributed by atoms with Crippen LogP contribution in [0, 0.1) is 18.3 Å². The SMILES string of the molecule is CCc1cccc(C)c1Nc1ccc(C(=O)Nc2ccccc2C#N)cn1. The monoisotopic (exact) mass is 356 g/mol. The molecule has 1 heterocycles. The molecule has 5 heteroatoms. The highest BCUT2D eigenvalue weighted by molar-refractivity contribution is 6.04. The lowest BCUT2D eigenvalue weighted by atomic mass is 10.1. The van der Waals surface area contributed by atoms with E-state index in [0.29, 0.717) is 22.6 Å². The molecule has 2 N–H and O–H groups in total. The number of hydrogen-bond donors (Lipinski definition) is 2. The second-order valence-electron chi connectivity index (χ2n) is 6.13. The number of anilines is 3. The lowest BCUT2D eigenvalue weighted by molar-refractivity contribution is 0.102. The number of aryl methyl sites for hydroxylation is 2. The molecule has 0 aliphatic rings. The fraction of sp³-hybridized carbons (Fsp3) is 0.136. The lowest BCUT2D eigenvalue weighted by Gasteiger charge is -2.13. The molecule has 0 aliphatic heterocycles. The van der Waals surface area contributed by atoms with E-state index in [2.05, 4.69) is 47.7 Å². The number of nitrogens with one attached hydrogen (secondary N) is 2. The summed E-state index contributed by atoms with van der Waals surface area (Å²) in [4.78, 5) is 16.8. The molecule has 0 aliphatic carbocycles. The minimum absolute atomic E-state index is 0.304. The number of rotatable bonds is 5. The first-order valence-corrected chi connectivity index (χ1v) is 8.74. The molecule has 0 fully saturated rings. The molecule has 2 aromatic carbocycles. The maximum atomic E-state index is 12.4. The summed E-state index contributed by atoms with van der Waals surface area (Å²) in [6, 6.07) is 18.6. The summed E-state index contributed by atoms with van der Waals surface area (Å²) >= 11 is 0. The van der Waals surface area contributed by atoms with Crippen molar-refractivity contribution in [3.8, 4) is 6.07 Å². The molecule has 0 spiro atoms. The van der Waals surface area contributed by atoms with Crippen molar-refractivity contribution in [3.05, 3.63) is 83.0 Å². The first-order valence-electron chi connectivity index (χ1n) is 8.74. The predicted molar refractivity (Wildman–Crippen MR) is 107 cm³/mol. The Hall–Kier alpha value is -3.65. The maximum absolute atomic E-state index is 12.4. The van der Waals surface area contributed by atoms with Crippen LogP contribution in [0.25, 0.3) is 0 Å². The van der Waals surface area contributed by atoms with E-state index >= 15 is 0 Å². The highest BCUT2D eigenvalue weighted by Gasteiger charge is 2.10. The number of aromatic nitrogens is 1. The van der Waals surface area contributed by atoms with Gasteiger partial charge < -0.3 is 10.6 Å². The van der Waals surface area contributed by atoms with Gasteiger partial charge in [0.15, 0.2) is 0 Å². The van der Waals surface area contributed by atoms with Gasteiger partial charge in [-0.25, -0.2) is 4.98 Å². The Morgan fingerprint density at radius 3 is 2.63 bits per heavy atom. The number of carbonyl (C=O) groups excluding carboxylic acids is 1. The van der Waals surface area contributed by atoms with Crippen LogP contribution in [0.5, 0.6) is 0 Å². The van der Waals surface area contributed by atoms with Crippen molar-refractivity contribution in [2.75, 3.05) is 10.6 Å². The van der Waals surface area contributed by atoms with E-state index in [1.807, 2.05) is 6.07 Å². The Morgan fingerprint density at radius 2 is 1.93 bits per heavy atom. The van der Waals surface area contributed by atoms with Gasteiger partial charge in [-0.15, -0.1) is 0 Å². The van der Waals surface area contributed by atoms with E-state index < -0.39 is 0 Å². The summed E-state index contributed by atoms with van der Waals surface area (Å²) in [6.45, 7) is 4.16. The molecule has 27 heavy (non-hydrogen) atoms. The third kappa shape index (κ3) is 4.13. The number of nitrogens with zero attached hydrogens (tertiary/aromatic N) is 2. The molecule has 1 aromatic heterocycles. The molecule has 0 saturated heterocycles. The van der Waals surface area contributed by atoms with E-state index in [-0.39, 0.29) is 5.91 Å². The van der Waals surface area contributed by atoms with Gasteiger partial charge in [0.25, 0.3) is 5.91 Å². The van der Waals surface area contributed by atoms with E-state index in [1.54, 1.807) is 36.4 Å².